The van der Waals surface area contributed by atoms with Crippen LogP contribution in [0.25, 0.3) is 0 Å². The maximum Gasteiger partial charge on any atom is 0.181 e. The highest BCUT2D eigenvalue weighted by Gasteiger charge is 2.67. The maximum atomic E-state index is 11.5. The molecule has 2 saturated heterocycles. The highest BCUT2D eigenvalue weighted by atomic mass is 16.6. The van der Waals surface area contributed by atoms with Crippen LogP contribution in [0.5, 0.6) is 0 Å². The maximum absolute atomic E-state index is 11.5. The van der Waals surface area contributed by atoms with Crippen LogP contribution in [0, 0.1) is 52.3 Å². The van der Waals surface area contributed by atoms with Crippen molar-refractivity contribution in [2.45, 2.75) is 110 Å². The van der Waals surface area contributed by atoms with E-state index in [0.29, 0.717) is 28.6 Å². The van der Waals surface area contributed by atoms with Crippen molar-refractivity contribution in [3.63, 3.8) is 0 Å². The molecular formula is C27H45NO3. The van der Waals surface area contributed by atoms with Crippen LogP contribution in [-0.2, 0) is 4.74 Å². The lowest BCUT2D eigenvalue weighted by atomic mass is 9.44. The van der Waals surface area contributed by atoms with Gasteiger partial charge < -0.3 is 20.3 Å². The molecule has 3 N–H and O–H groups in total. The van der Waals surface area contributed by atoms with Gasteiger partial charge in [0.25, 0.3) is 0 Å². The molecule has 0 aromatic rings. The van der Waals surface area contributed by atoms with Crippen molar-refractivity contribution in [1.29, 1.82) is 0 Å². The molecule has 0 aromatic carbocycles. The van der Waals surface area contributed by atoms with Crippen molar-refractivity contribution in [2.24, 2.45) is 52.3 Å². The summed E-state index contributed by atoms with van der Waals surface area (Å²) in [6.07, 6.45) is 10.7. The second-order valence-corrected chi connectivity index (χ2v) is 13.4. The number of fused-ring (bicyclic) bond motifs is 8. The molecular weight excluding hydrogens is 386 g/mol. The molecule has 4 nitrogen and oxygen atoms in total. The van der Waals surface area contributed by atoms with Crippen molar-refractivity contribution < 1.29 is 14.9 Å². The summed E-state index contributed by atoms with van der Waals surface area (Å²) in [6, 6.07) is 0.0753. The first kappa shape index (κ1) is 21.4. The molecule has 6 fully saturated rings. The van der Waals surface area contributed by atoms with Gasteiger partial charge in [-0.1, -0.05) is 27.7 Å². The van der Waals surface area contributed by atoms with Gasteiger partial charge in [-0.2, -0.15) is 0 Å². The molecule has 6 aliphatic rings. The Morgan fingerprint density at radius 3 is 2.52 bits per heavy atom. The Morgan fingerprint density at radius 2 is 1.71 bits per heavy atom. The van der Waals surface area contributed by atoms with E-state index in [9.17, 15) is 10.2 Å². The van der Waals surface area contributed by atoms with Gasteiger partial charge >= 0.3 is 0 Å². The first-order valence-electron chi connectivity index (χ1n) is 13.5. The summed E-state index contributed by atoms with van der Waals surface area (Å²) in [7, 11) is 0. The lowest BCUT2D eigenvalue weighted by Crippen LogP contribution is -2.68. The number of hydrogen-bond acceptors (Lipinski definition) is 4. The van der Waals surface area contributed by atoms with E-state index < -0.39 is 5.79 Å². The molecule has 0 bridgehead atoms. The zero-order chi connectivity index (χ0) is 21.8. The molecule has 31 heavy (non-hydrogen) atoms. The molecule has 4 saturated carbocycles. The van der Waals surface area contributed by atoms with Gasteiger partial charge in [-0.25, -0.2) is 0 Å². The van der Waals surface area contributed by atoms with E-state index in [2.05, 4.69) is 33.0 Å². The summed E-state index contributed by atoms with van der Waals surface area (Å²) >= 11 is 0. The fraction of sp³-hybridized carbons (Fsp3) is 1.00. The minimum absolute atomic E-state index is 0.0638. The van der Waals surface area contributed by atoms with Crippen LogP contribution >= 0.6 is 0 Å². The zero-order valence-corrected chi connectivity index (χ0v) is 20.1. The largest absolute Gasteiger partial charge is 0.393 e. The summed E-state index contributed by atoms with van der Waals surface area (Å²) in [5, 5.41) is 25.5. The van der Waals surface area contributed by atoms with Crippen molar-refractivity contribution >= 4 is 0 Å². The topological polar surface area (TPSA) is 61.7 Å². The Morgan fingerprint density at radius 1 is 0.935 bits per heavy atom. The molecule has 0 amide bonds. The molecule has 0 unspecified atom stereocenters. The monoisotopic (exact) mass is 431 g/mol. The van der Waals surface area contributed by atoms with E-state index in [1.165, 1.54) is 32.1 Å². The van der Waals surface area contributed by atoms with Crippen molar-refractivity contribution in [3.8, 4) is 0 Å². The normalized spacial score (nSPS) is 63.3. The van der Waals surface area contributed by atoms with Gasteiger partial charge in [0.1, 0.15) is 0 Å². The van der Waals surface area contributed by atoms with E-state index in [0.717, 1.165) is 55.9 Å². The first-order valence-corrected chi connectivity index (χ1v) is 13.5. The molecule has 0 aromatic heterocycles. The molecule has 4 aliphatic carbocycles. The van der Waals surface area contributed by atoms with Crippen molar-refractivity contribution in [3.05, 3.63) is 0 Å². The van der Waals surface area contributed by atoms with Gasteiger partial charge in [0.2, 0.25) is 0 Å². The van der Waals surface area contributed by atoms with Crippen LogP contribution in [0.1, 0.15) is 85.5 Å². The van der Waals surface area contributed by atoms with Gasteiger partial charge in [-0.15, -0.1) is 0 Å². The number of rotatable bonds is 0. The molecule has 6 rings (SSSR count). The van der Waals surface area contributed by atoms with Crippen LogP contribution in [-0.4, -0.2) is 40.8 Å². The van der Waals surface area contributed by atoms with Crippen LogP contribution < -0.4 is 5.32 Å². The van der Waals surface area contributed by atoms with Gasteiger partial charge in [-0.05, 0) is 110 Å². The number of piperidine rings is 1. The molecule has 4 heteroatoms. The van der Waals surface area contributed by atoms with E-state index in [1.807, 2.05) is 0 Å². The van der Waals surface area contributed by atoms with Gasteiger partial charge in [0, 0.05) is 6.42 Å². The predicted molar refractivity (Wildman–Crippen MR) is 121 cm³/mol. The van der Waals surface area contributed by atoms with E-state index in [-0.39, 0.29) is 18.2 Å². The molecule has 0 spiro atoms. The van der Waals surface area contributed by atoms with Crippen molar-refractivity contribution in [1.82, 2.24) is 5.32 Å². The number of hydrogen-bond donors (Lipinski definition) is 3. The van der Waals surface area contributed by atoms with Crippen molar-refractivity contribution in [2.75, 3.05) is 6.54 Å². The lowest BCUT2D eigenvalue weighted by Gasteiger charge is -2.62. The standard InChI is InChI=1S/C27H45NO3/c1-15-13-27(30)24(28-14-15)16(2)23-22(31-27)12-21-19-6-5-17-11-18(29)7-9-25(17,3)20(19)8-10-26(21,23)4/h15-24,28-30H,5-14H2,1-4H3/t15-,16+,17+,18+,19-,20-,21-,22+,23+,24-,25+,26+,27+/m1/s1. The summed E-state index contributed by atoms with van der Waals surface area (Å²) in [5.74, 6) is 3.57. The Bertz CT molecular complexity index is 729. The lowest BCUT2D eigenvalue weighted by molar-refractivity contribution is -0.311. The van der Waals surface area contributed by atoms with E-state index >= 15 is 0 Å². The van der Waals surface area contributed by atoms with Gasteiger partial charge in [0.05, 0.1) is 18.2 Å². The Labute approximate surface area is 188 Å². The minimum Gasteiger partial charge on any atom is -0.393 e. The fourth-order valence-corrected chi connectivity index (χ4v) is 10.7. The third-order valence-electron chi connectivity index (χ3n) is 12.0. The third kappa shape index (κ3) is 2.87. The molecule has 0 radical (unpaired) electrons. The molecule has 2 aliphatic heterocycles. The van der Waals surface area contributed by atoms with Gasteiger partial charge in [0.15, 0.2) is 5.79 Å². The van der Waals surface area contributed by atoms with E-state index in [4.69, 9.17) is 4.74 Å². The first-order chi connectivity index (χ1) is 14.7. The predicted octanol–water partition coefficient (Wildman–Crippen LogP) is 4.34. The Hall–Kier alpha value is -0.160. The SMILES string of the molecule is C[C@H]1CN[C@@H]2[C@@H](C)[C@H]3[C@H](C[C@@H]4[C@@H]5CC[C@H]6C[C@@H](O)CC[C@]6(C)[C@@H]5CC[C@]34C)O[C@@]2(O)C1. The highest BCUT2D eigenvalue weighted by molar-refractivity contribution is 5.15. The number of nitrogens with one attached hydrogen (secondary N) is 1. The average molecular weight is 432 g/mol. The number of aliphatic hydroxyl groups excluding tert-OH is 1. The average Bonchev–Trinajstić information content (AvgIpc) is 2.99. The quantitative estimate of drug-likeness (QED) is 0.534. The summed E-state index contributed by atoms with van der Waals surface area (Å²) < 4.78 is 6.69. The number of ether oxygens (including phenoxy) is 1. The Kier molecular flexibility index (Phi) is 4.78. The molecule has 176 valence electrons. The highest BCUT2D eigenvalue weighted by Crippen LogP contribution is 2.70. The third-order valence-corrected chi connectivity index (χ3v) is 12.0. The summed E-state index contributed by atoms with van der Waals surface area (Å²) in [4.78, 5) is 0. The van der Waals surface area contributed by atoms with Gasteiger partial charge in [-0.3, -0.25) is 0 Å². The number of aliphatic hydroxyl groups is 2. The van der Waals surface area contributed by atoms with Crippen LogP contribution in [0.2, 0.25) is 0 Å². The minimum atomic E-state index is -0.981. The molecule has 2 heterocycles. The molecule has 13 atom stereocenters. The smallest absolute Gasteiger partial charge is 0.181 e. The summed E-state index contributed by atoms with van der Waals surface area (Å²) in [6.45, 7) is 10.8. The second kappa shape index (κ2) is 6.93. The second-order valence-electron chi connectivity index (χ2n) is 13.4. The Balaban J connectivity index is 1.30. The van der Waals surface area contributed by atoms with Crippen LogP contribution in [0.3, 0.4) is 0 Å². The zero-order valence-electron chi connectivity index (χ0n) is 20.1. The fourth-order valence-electron chi connectivity index (χ4n) is 10.7. The summed E-state index contributed by atoms with van der Waals surface area (Å²) in [5.41, 5.74) is 0.765. The van der Waals surface area contributed by atoms with E-state index in [1.54, 1.807) is 0 Å². The van der Waals surface area contributed by atoms with Crippen LogP contribution in [0.4, 0.5) is 0 Å². The van der Waals surface area contributed by atoms with Crippen LogP contribution in [0.15, 0.2) is 0 Å².